The number of benzene rings is 1. The van der Waals surface area contributed by atoms with E-state index in [-0.39, 0.29) is 5.56 Å². The van der Waals surface area contributed by atoms with Crippen LogP contribution in [0.5, 0.6) is 0 Å². The van der Waals surface area contributed by atoms with E-state index in [0.29, 0.717) is 36.0 Å². The predicted molar refractivity (Wildman–Crippen MR) is 139 cm³/mol. The summed E-state index contributed by atoms with van der Waals surface area (Å²) in [5, 5.41) is 4.12. The molecule has 0 unspecified atom stereocenters. The van der Waals surface area contributed by atoms with Gasteiger partial charge in [0.1, 0.15) is 5.65 Å². The van der Waals surface area contributed by atoms with Gasteiger partial charge in [0.15, 0.2) is 0 Å². The SMILES string of the molecule is CCC#Cc1cc2cnc(Nc3ccc(C4CCN(C)CC4)cc3)nc2n(CCN(C)C)c1=O. The van der Waals surface area contributed by atoms with Gasteiger partial charge in [-0.2, -0.15) is 4.98 Å². The fourth-order valence-corrected chi connectivity index (χ4v) is 4.31. The van der Waals surface area contributed by atoms with E-state index in [2.05, 4.69) is 63.3 Å². The molecular formula is C27H34N6O. The number of likely N-dealkylation sites (tertiary alicyclic amines) is 1. The van der Waals surface area contributed by atoms with Crippen LogP contribution < -0.4 is 10.9 Å². The summed E-state index contributed by atoms with van der Waals surface area (Å²) < 4.78 is 1.71. The Balaban J connectivity index is 1.61. The van der Waals surface area contributed by atoms with E-state index >= 15 is 0 Å². The summed E-state index contributed by atoms with van der Waals surface area (Å²) in [5.74, 6) is 7.11. The summed E-state index contributed by atoms with van der Waals surface area (Å²) in [6.07, 6.45) is 4.86. The first kappa shape index (κ1) is 23.9. The highest BCUT2D eigenvalue weighted by Crippen LogP contribution is 2.28. The zero-order valence-corrected chi connectivity index (χ0v) is 20.6. The number of pyridine rings is 1. The predicted octanol–water partition coefficient (Wildman–Crippen LogP) is 3.67. The molecule has 34 heavy (non-hydrogen) atoms. The first-order valence-corrected chi connectivity index (χ1v) is 12.0. The van der Waals surface area contributed by atoms with Crippen LogP contribution in [0.2, 0.25) is 0 Å². The lowest BCUT2D eigenvalue weighted by atomic mass is 9.89. The van der Waals surface area contributed by atoms with Gasteiger partial charge in [-0.3, -0.25) is 9.36 Å². The van der Waals surface area contributed by atoms with Gasteiger partial charge in [-0.1, -0.05) is 30.9 Å². The number of aromatic nitrogens is 3. The third-order valence-electron chi connectivity index (χ3n) is 6.35. The van der Waals surface area contributed by atoms with Crippen molar-refractivity contribution in [2.24, 2.45) is 0 Å². The Morgan fingerprint density at radius 3 is 2.59 bits per heavy atom. The molecule has 1 aliphatic rings. The van der Waals surface area contributed by atoms with Crippen LogP contribution in [-0.4, -0.2) is 65.1 Å². The summed E-state index contributed by atoms with van der Waals surface area (Å²) in [5.41, 5.74) is 3.32. The summed E-state index contributed by atoms with van der Waals surface area (Å²) in [6.45, 7) is 5.53. The van der Waals surface area contributed by atoms with Crippen LogP contribution >= 0.6 is 0 Å². The van der Waals surface area contributed by atoms with Gasteiger partial charge in [0.05, 0.1) is 5.56 Å². The highest BCUT2D eigenvalue weighted by molar-refractivity contribution is 5.77. The maximum absolute atomic E-state index is 13.1. The molecule has 3 aromatic rings. The Bertz CT molecular complexity index is 1240. The molecule has 1 fully saturated rings. The lowest BCUT2D eigenvalue weighted by Gasteiger charge is -2.29. The summed E-state index contributed by atoms with van der Waals surface area (Å²) in [7, 11) is 6.17. The van der Waals surface area contributed by atoms with Crippen LogP contribution in [0.3, 0.4) is 0 Å². The van der Waals surface area contributed by atoms with Crippen molar-refractivity contribution in [2.45, 2.75) is 38.6 Å². The molecular weight excluding hydrogens is 424 g/mol. The number of nitrogens with one attached hydrogen (secondary N) is 1. The highest BCUT2D eigenvalue weighted by atomic mass is 16.1. The van der Waals surface area contributed by atoms with Gasteiger partial charge >= 0.3 is 0 Å². The first-order valence-electron chi connectivity index (χ1n) is 12.0. The van der Waals surface area contributed by atoms with Crippen molar-refractivity contribution < 1.29 is 0 Å². The van der Waals surface area contributed by atoms with Crippen molar-refractivity contribution >= 4 is 22.7 Å². The third kappa shape index (κ3) is 5.64. The summed E-state index contributed by atoms with van der Waals surface area (Å²) in [6, 6.07) is 10.4. The smallest absolute Gasteiger partial charge is 0.268 e. The molecule has 0 aliphatic carbocycles. The van der Waals surface area contributed by atoms with Crippen molar-refractivity contribution in [1.82, 2.24) is 24.3 Å². The molecule has 0 atom stereocenters. The van der Waals surface area contributed by atoms with E-state index in [1.54, 1.807) is 16.8 Å². The third-order valence-corrected chi connectivity index (χ3v) is 6.35. The topological polar surface area (TPSA) is 66.3 Å². The van der Waals surface area contributed by atoms with Crippen LogP contribution in [0.1, 0.15) is 43.2 Å². The Labute approximate surface area is 201 Å². The first-order chi connectivity index (χ1) is 16.4. The van der Waals surface area contributed by atoms with Crippen molar-refractivity contribution in [3.05, 3.63) is 58.0 Å². The second-order valence-corrected chi connectivity index (χ2v) is 9.27. The lowest BCUT2D eigenvalue weighted by Crippen LogP contribution is -2.29. The minimum atomic E-state index is -0.109. The number of likely N-dealkylation sites (N-methyl/N-ethyl adjacent to an activating group) is 1. The number of anilines is 2. The average molecular weight is 459 g/mol. The largest absolute Gasteiger partial charge is 0.324 e. The zero-order chi connectivity index (χ0) is 24.1. The minimum Gasteiger partial charge on any atom is -0.324 e. The van der Waals surface area contributed by atoms with E-state index < -0.39 is 0 Å². The molecule has 1 aromatic carbocycles. The summed E-state index contributed by atoms with van der Waals surface area (Å²) >= 11 is 0. The molecule has 1 aliphatic heterocycles. The Morgan fingerprint density at radius 2 is 1.91 bits per heavy atom. The van der Waals surface area contributed by atoms with Crippen LogP contribution in [0.25, 0.3) is 11.0 Å². The molecule has 0 saturated carbocycles. The van der Waals surface area contributed by atoms with Crippen LogP contribution in [-0.2, 0) is 6.54 Å². The van der Waals surface area contributed by atoms with Crippen LogP contribution in [0, 0.1) is 11.8 Å². The standard InChI is InChI=1S/C27H34N6O/c1-5-6-7-22-18-23-19-28-27(30-25(23)33(26(22)34)17-16-31(2)3)29-24-10-8-20(9-11-24)21-12-14-32(4)15-13-21/h8-11,18-19,21H,5,12-17H2,1-4H3,(H,28,29,30). The molecule has 3 heterocycles. The number of fused-ring (bicyclic) bond motifs is 1. The van der Waals surface area contributed by atoms with E-state index in [1.165, 1.54) is 18.4 Å². The van der Waals surface area contributed by atoms with Gasteiger partial charge in [-0.25, -0.2) is 4.98 Å². The molecule has 2 aromatic heterocycles. The molecule has 7 nitrogen and oxygen atoms in total. The van der Waals surface area contributed by atoms with E-state index in [0.717, 1.165) is 30.7 Å². The molecule has 0 amide bonds. The zero-order valence-electron chi connectivity index (χ0n) is 20.6. The summed E-state index contributed by atoms with van der Waals surface area (Å²) in [4.78, 5) is 26.8. The number of hydrogen-bond donors (Lipinski definition) is 1. The van der Waals surface area contributed by atoms with Gasteiger partial charge < -0.3 is 15.1 Å². The second kappa shape index (κ2) is 10.8. The van der Waals surface area contributed by atoms with Gasteiger partial charge in [-0.05, 0) is 76.8 Å². The minimum absolute atomic E-state index is 0.109. The van der Waals surface area contributed by atoms with Gasteiger partial charge in [-0.15, -0.1) is 0 Å². The van der Waals surface area contributed by atoms with E-state index in [1.807, 2.05) is 21.0 Å². The Kier molecular flexibility index (Phi) is 7.61. The number of rotatable bonds is 6. The molecule has 0 radical (unpaired) electrons. The van der Waals surface area contributed by atoms with E-state index in [9.17, 15) is 4.79 Å². The fraction of sp³-hybridized carbons (Fsp3) is 0.444. The lowest BCUT2D eigenvalue weighted by molar-refractivity contribution is 0.255. The molecule has 1 N–H and O–H groups in total. The molecule has 178 valence electrons. The van der Waals surface area contributed by atoms with Crippen LogP contribution in [0.4, 0.5) is 11.6 Å². The normalized spacial score (nSPS) is 14.9. The Hall–Kier alpha value is -3.21. The van der Waals surface area contributed by atoms with Gasteiger partial charge in [0, 0.05) is 36.8 Å². The monoisotopic (exact) mass is 458 g/mol. The van der Waals surface area contributed by atoms with Crippen LogP contribution in [0.15, 0.2) is 41.3 Å². The number of nitrogens with zero attached hydrogens (tertiary/aromatic N) is 5. The van der Waals surface area contributed by atoms with Crippen molar-refractivity contribution in [3.63, 3.8) is 0 Å². The number of hydrogen-bond acceptors (Lipinski definition) is 6. The fourth-order valence-electron chi connectivity index (χ4n) is 4.31. The quantitative estimate of drug-likeness (QED) is 0.569. The molecule has 1 saturated heterocycles. The van der Waals surface area contributed by atoms with Crippen molar-refractivity contribution in [2.75, 3.05) is 46.1 Å². The maximum Gasteiger partial charge on any atom is 0.268 e. The molecule has 4 rings (SSSR count). The van der Waals surface area contributed by atoms with Gasteiger partial charge in [0.2, 0.25) is 5.95 Å². The van der Waals surface area contributed by atoms with Gasteiger partial charge in [0.25, 0.3) is 5.56 Å². The molecule has 0 bridgehead atoms. The van der Waals surface area contributed by atoms with E-state index in [4.69, 9.17) is 4.98 Å². The maximum atomic E-state index is 13.1. The second-order valence-electron chi connectivity index (χ2n) is 9.27. The Morgan fingerprint density at radius 1 is 1.18 bits per heavy atom. The molecule has 7 heteroatoms. The highest BCUT2D eigenvalue weighted by Gasteiger charge is 2.18. The van der Waals surface area contributed by atoms with Crippen molar-refractivity contribution in [3.8, 4) is 11.8 Å². The molecule has 0 spiro atoms. The number of piperidine rings is 1. The average Bonchev–Trinajstić information content (AvgIpc) is 2.83. The van der Waals surface area contributed by atoms with Crippen molar-refractivity contribution in [1.29, 1.82) is 0 Å².